The first kappa shape index (κ1) is 16.2. The summed E-state index contributed by atoms with van der Waals surface area (Å²) in [5.74, 6) is 0.112. The molecule has 1 amide bonds. The summed E-state index contributed by atoms with van der Waals surface area (Å²) < 4.78 is 1.66. The molecule has 0 radical (unpaired) electrons. The van der Waals surface area contributed by atoms with Gasteiger partial charge in [-0.25, -0.2) is 0 Å². The molecule has 1 aliphatic rings. The lowest BCUT2D eigenvalue weighted by molar-refractivity contribution is -0.132. The molecule has 1 fully saturated rings. The number of thiazole rings is 1. The topological polar surface area (TPSA) is 68.3 Å². The van der Waals surface area contributed by atoms with Crippen LogP contribution in [0.3, 0.4) is 0 Å². The van der Waals surface area contributed by atoms with Gasteiger partial charge in [-0.15, -0.1) is 12.4 Å². The van der Waals surface area contributed by atoms with Gasteiger partial charge in [-0.1, -0.05) is 11.3 Å². The van der Waals surface area contributed by atoms with Gasteiger partial charge < -0.3 is 15.2 Å². The molecule has 5 nitrogen and oxygen atoms in total. The van der Waals surface area contributed by atoms with Gasteiger partial charge >= 0.3 is 4.87 Å². The average molecular weight is 306 g/mol. The highest BCUT2D eigenvalue weighted by Gasteiger charge is 2.27. The first-order valence-electron chi connectivity index (χ1n) is 6.28. The Hall–Kier alpha value is -0.850. The van der Waals surface area contributed by atoms with Gasteiger partial charge in [0.15, 0.2) is 0 Å². The fourth-order valence-corrected chi connectivity index (χ4v) is 3.20. The van der Waals surface area contributed by atoms with Crippen molar-refractivity contribution in [1.29, 1.82) is 0 Å². The van der Waals surface area contributed by atoms with E-state index in [4.69, 9.17) is 5.73 Å². The van der Waals surface area contributed by atoms with Gasteiger partial charge in [-0.05, 0) is 19.8 Å². The first-order valence-corrected chi connectivity index (χ1v) is 7.16. The van der Waals surface area contributed by atoms with Crippen molar-refractivity contribution in [3.05, 3.63) is 20.7 Å². The number of hydrogen-bond acceptors (Lipinski definition) is 4. The molecule has 2 N–H and O–H groups in total. The van der Waals surface area contributed by atoms with E-state index in [-0.39, 0.29) is 29.2 Å². The summed E-state index contributed by atoms with van der Waals surface area (Å²) in [6.07, 6.45) is 2.42. The number of aryl methyl sites for hydroxylation is 1. The second-order valence-corrected chi connectivity index (χ2v) is 5.48. The normalized spacial score (nSPS) is 18.4. The number of rotatable bonds is 4. The average Bonchev–Trinajstić information content (AvgIpc) is 2.94. The van der Waals surface area contributed by atoms with E-state index in [2.05, 4.69) is 0 Å². The Balaban J connectivity index is 0.00000180. The standard InChI is InChI=1S/C12H19N3O2S.ClH/c1-9-8-18-12(17)14(9)6-4-11(16)15-5-2-3-10(15)7-13;/h8,10H,2-7,13H2,1H3;1H. The number of amides is 1. The minimum atomic E-state index is 0. The molecule has 108 valence electrons. The van der Waals surface area contributed by atoms with E-state index in [1.807, 2.05) is 17.2 Å². The molecule has 1 aliphatic heterocycles. The minimum absolute atomic E-state index is 0. The third-order valence-corrected chi connectivity index (χ3v) is 4.38. The van der Waals surface area contributed by atoms with Crippen molar-refractivity contribution < 1.29 is 4.79 Å². The lowest BCUT2D eigenvalue weighted by atomic mass is 10.2. The molecule has 0 aliphatic carbocycles. The van der Waals surface area contributed by atoms with Crippen LogP contribution >= 0.6 is 23.7 Å². The molecule has 7 heteroatoms. The van der Waals surface area contributed by atoms with Crippen molar-refractivity contribution in [2.75, 3.05) is 13.1 Å². The second kappa shape index (κ2) is 7.07. The molecule has 2 heterocycles. The SMILES string of the molecule is Cc1csc(=O)n1CCC(=O)N1CCCC1CN.Cl. The minimum Gasteiger partial charge on any atom is -0.338 e. The second-order valence-electron chi connectivity index (χ2n) is 4.66. The van der Waals surface area contributed by atoms with E-state index in [1.54, 1.807) is 4.57 Å². The Labute approximate surface area is 122 Å². The van der Waals surface area contributed by atoms with Crippen molar-refractivity contribution in [2.45, 2.75) is 38.8 Å². The van der Waals surface area contributed by atoms with Gasteiger partial charge in [0.05, 0.1) is 0 Å². The number of halogens is 1. The van der Waals surface area contributed by atoms with Crippen LogP contribution in [-0.4, -0.2) is 34.5 Å². The number of nitrogens with two attached hydrogens (primary N) is 1. The number of likely N-dealkylation sites (tertiary alicyclic amines) is 1. The summed E-state index contributed by atoms with van der Waals surface area (Å²) in [5.41, 5.74) is 6.58. The van der Waals surface area contributed by atoms with E-state index >= 15 is 0 Å². The summed E-state index contributed by atoms with van der Waals surface area (Å²) in [6.45, 7) is 3.70. The Bertz CT molecular complexity index is 486. The summed E-state index contributed by atoms with van der Waals surface area (Å²) in [4.78, 5) is 25.5. The highest BCUT2D eigenvalue weighted by molar-refractivity contribution is 7.07. The predicted molar refractivity (Wildman–Crippen MR) is 79.0 cm³/mol. The summed E-state index contributed by atoms with van der Waals surface area (Å²) in [5, 5.41) is 1.82. The van der Waals surface area contributed by atoms with Gasteiger partial charge in [0, 0.05) is 43.2 Å². The fourth-order valence-electron chi connectivity index (χ4n) is 2.43. The number of nitrogens with zero attached hydrogens (tertiary/aromatic N) is 2. The van der Waals surface area contributed by atoms with Crippen LogP contribution in [0, 0.1) is 6.92 Å². The molecule has 1 unspecified atom stereocenters. The van der Waals surface area contributed by atoms with Crippen LogP contribution < -0.4 is 10.6 Å². The van der Waals surface area contributed by atoms with Gasteiger partial charge in [0.25, 0.3) is 0 Å². The van der Waals surface area contributed by atoms with Gasteiger partial charge in [-0.3, -0.25) is 9.59 Å². The molecule has 1 saturated heterocycles. The van der Waals surface area contributed by atoms with Crippen LogP contribution in [0.25, 0.3) is 0 Å². The van der Waals surface area contributed by atoms with Crippen molar-refractivity contribution in [3.8, 4) is 0 Å². The summed E-state index contributed by atoms with van der Waals surface area (Å²) in [6, 6.07) is 0.192. The van der Waals surface area contributed by atoms with Crippen LogP contribution in [0.15, 0.2) is 10.2 Å². The van der Waals surface area contributed by atoms with E-state index in [0.29, 0.717) is 19.5 Å². The first-order chi connectivity index (χ1) is 8.63. The maximum atomic E-state index is 12.1. The number of hydrogen-bond donors (Lipinski definition) is 1. The molecular weight excluding hydrogens is 286 g/mol. The van der Waals surface area contributed by atoms with Crippen LogP contribution in [-0.2, 0) is 11.3 Å². The maximum absolute atomic E-state index is 12.1. The molecule has 0 bridgehead atoms. The van der Waals surface area contributed by atoms with Gasteiger partial charge in [0.2, 0.25) is 5.91 Å². The monoisotopic (exact) mass is 305 g/mol. The molecule has 0 saturated carbocycles. The van der Waals surface area contributed by atoms with Crippen LogP contribution in [0.2, 0.25) is 0 Å². The van der Waals surface area contributed by atoms with E-state index < -0.39 is 0 Å². The van der Waals surface area contributed by atoms with Crippen molar-refractivity contribution in [1.82, 2.24) is 9.47 Å². The highest BCUT2D eigenvalue weighted by Crippen LogP contribution is 2.17. The number of carbonyl (C=O) groups is 1. The molecule has 1 atom stereocenters. The number of carbonyl (C=O) groups excluding carboxylic acids is 1. The smallest absolute Gasteiger partial charge is 0.307 e. The third-order valence-electron chi connectivity index (χ3n) is 3.50. The van der Waals surface area contributed by atoms with Crippen LogP contribution in [0.4, 0.5) is 0 Å². The van der Waals surface area contributed by atoms with Crippen LogP contribution in [0.5, 0.6) is 0 Å². The highest BCUT2D eigenvalue weighted by atomic mass is 35.5. The van der Waals surface area contributed by atoms with Crippen molar-refractivity contribution >= 4 is 29.7 Å². The van der Waals surface area contributed by atoms with Crippen LogP contribution in [0.1, 0.15) is 25.0 Å². The summed E-state index contributed by atoms with van der Waals surface area (Å²) >= 11 is 1.18. The zero-order valence-corrected chi connectivity index (χ0v) is 12.6. The third kappa shape index (κ3) is 3.58. The number of aromatic nitrogens is 1. The lowest BCUT2D eigenvalue weighted by Gasteiger charge is -2.23. The molecule has 1 aromatic heterocycles. The molecule has 0 spiro atoms. The lowest BCUT2D eigenvalue weighted by Crippen LogP contribution is -2.40. The predicted octanol–water partition coefficient (Wildman–Crippen LogP) is 0.980. The molecule has 2 rings (SSSR count). The Morgan fingerprint density at radius 2 is 2.32 bits per heavy atom. The van der Waals surface area contributed by atoms with Gasteiger partial charge in [0.1, 0.15) is 0 Å². The summed E-state index contributed by atoms with van der Waals surface area (Å²) in [7, 11) is 0. The van der Waals surface area contributed by atoms with Gasteiger partial charge in [-0.2, -0.15) is 0 Å². The van der Waals surface area contributed by atoms with Crippen molar-refractivity contribution in [2.24, 2.45) is 5.73 Å². The Morgan fingerprint density at radius 3 is 2.89 bits per heavy atom. The molecule has 19 heavy (non-hydrogen) atoms. The molecular formula is C12H20ClN3O2S. The zero-order valence-electron chi connectivity index (χ0n) is 11.0. The van der Waals surface area contributed by atoms with Crippen molar-refractivity contribution in [3.63, 3.8) is 0 Å². The maximum Gasteiger partial charge on any atom is 0.307 e. The van der Waals surface area contributed by atoms with E-state index in [0.717, 1.165) is 25.1 Å². The van der Waals surface area contributed by atoms with E-state index in [1.165, 1.54) is 11.3 Å². The Kier molecular flexibility index (Phi) is 6.03. The van der Waals surface area contributed by atoms with E-state index in [9.17, 15) is 9.59 Å². The fraction of sp³-hybridized carbons (Fsp3) is 0.667. The largest absolute Gasteiger partial charge is 0.338 e. The zero-order chi connectivity index (χ0) is 13.1. The molecule has 0 aromatic carbocycles. The molecule has 1 aromatic rings. The quantitative estimate of drug-likeness (QED) is 0.901. The Morgan fingerprint density at radius 1 is 1.58 bits per heavy atom.